The second-order valence-electron chi connectivity index (χ2n) is 5.67. The first-order valence-corrected chi connectivity index (χ1v) is 8.19. The van der Waals surface area contributed by atoms with Crippen molar-refractivity contribution in [3.63, 3.8) is 0 Å². The van der Waals surface area contributed by atoms with Crippen molar-refractivity contribution in [2.45, 2.75) is 6.92 Å². The predicted molar refractivity (Wildman–Crippen MR) is 97.3 cm³/mol. The summed E-state index contributed by atoms with van der Waals surface area (Å²) in [5, 5.41) is 6.29. The van der Waals surface area contributed by atoms with Gasteiger partial charge in [-0.1, -0.05) is 11.6 Å². The highest BCUT2D eigenvalue weighted by Gasteiger charge is 2.14. The highest BCUT2D eigenvalue weighted by Crippen LogP contribution is 2.35. The molecule has 0 amide bonds. The normalized spacial score (nSPS) is 12.1. The fraction of sp³-hybridized carbons (Fsp3) is 0.111. The Balaban J connectivity index is 1.56. The van der Waals surface area contributed by atoms with Crippen molar-refractivity contribution in [3.8, 4) is 11.5 Å². The molecular weight excluding hydrogens is 359 g/mol. The second kappa shape index (κ2) is 6.68. The number of aromatic nitrogens is 2. The van der Waals surface area contributed by atoms with Crippen molar-refractivity contribution in [1.82, 2.24) is 9.97 Å². The van der Waals surface area contributed by atoms with E-state index < -0.39 is 5.82 Å². The van der Waals surface area contributed by atoms with Crippen molar-refractivity contribution in [2.24, 2.45) is 0 Å². The molecule has 3 aromatic rings. The van der Waals surface area contributed by atoms with Crippen molar-refractivity contribution >= 4 is 34.7 Å². The van der Waals surface area contributed by atoms with Crippen LogP contribution in [-0.4, -0.2) is 16.8 Å². The number of hydrogen-bond donors (Lipinski definition) is 2. The van der Waals surface area contributed by atoms with Crippen molar-refractivity contribution in [1.29, 1.82) is 0 Å². The average molecular weight is 373 g/mol. The summed E-state index contributed by atoms with van der Waals surface area (Å²) in [5.41, 5.74) is 2.24. The molecule has 4 rings (SSSR count). The van der Waals surface area contributed by atoms with Gasteiger partial charge in [-0.25, -0.2) is 9.37 Å². The number of ether oxygens (including phenoxy) is 2. The Hall–Kier alpha value is -3.06. The lowest BCUT2D eigenvalue weighted by Crippen LogP contribution is -2.03. The van der Waals surface area contributed by atoms with Gasteiger partial charge in [-0.15, -0.1) is 0 Å². The Labute approximate surface area is 154 Å². The Morgan fingerprint density at radius 1 is 1.04 bits per heavy atom. The Bertz CT molecular complexity index is 983. The summed E-state index contributed by atoms with van der Waals surface area (Å²) >= 11 is 5.82. The van der Waals surface area contributed by atoms with E-state index in [4.69, 9.17) is 21.1 Å². The molecule has 0 radical (unpaired) electrons. The number of halogens is 2. The molecule has 132 valence electrons. The fourth-order valence-corrected chi connectivity index (χ4v) is 2.62. The van der Waals surface area contributed by atoms with Gasteiger partial charge in [0.2, 0.25) is 12.7 Å². The van der Waals surface area contributed by atoms with Crippen LogP contribution in [0.5, 0.6) is 11.5 Å². The molecule has 6 nitrogen and oxygen atoms in total. The Morgan fingerprint density at radius 3 is 2.65 bits per heavy atom. The van der Waals surface area contributed by atoms with Crippen LogP contribution in [0.4, 0.5) is 27.5 Å². The van der Waals surface area contributed by atoms with E-state index in [0.717, 1.165) is 11.3 Å². The molecule has 0 bridgehead atoms. The van der Waals surface area contributed by atoms with Crippen LogP contribution in [0.2, 0.25) is 5.02 Å². The molecule has 2 aromatic carbocycles. The summed E-state index contributed by atoms with van der Waals surface area (Å²) in [6.07, 6.45) is 1.69. The van der Waals surface area contributed by atoms with E-state index >= 15 is 0 Å². The molecular formula is C18H14ClFN4O2. The smallest absolute Gasteiger partial charge is 0.231 e. The van der Waals surface area contributed by atoms with E-state index in [0.29, 0.717) is 29.0 Å². The van der Waals surface area contributed by atoms with E-state index in [2.05, 4.69) is 20.6 Å². The van der Waals surface area contributed by atoms with E-state index in [1.165, 1.54) is 12.1 Å². The van der Waals surface area contributed by atoms with Gasteiger partial charge in [-0.3, -0.25) is 0 Å². The van der Waals surface area contributed by atoms with E-state index in [1.54, 1.807) is 12.3 Å². The molecule has 0 spiro atoms. The largest absolute Gasteiger partial charge is 0.454 e. The molecule has 1 aromatic heterocycles. The minimum atomic E-state index is -0.471. The average Bonchev–Trinajstić information content (AvgIpc) is 3.09. The van der Waals surface area contributed by atoms with E-state index in [1.807, 2.05) is 25.1 Å². The molecule has 2 heterocycles. The van der Waals surface area contributed by atoms with Crippen LogP contribution in [0, 0.1) is 12.7 Å². The zero-order valence-corrected chi connectivity index (χ0v) is 14.5. The van der Waals surface area contributed by atoms with Crippen LogP contribution in [0.25, 0.3) is 0 Å². The third-order valence-electron chi connectivity index (χ3n) is 3.78. The number of nitrogens with one attached hydrogen (secondary N) is 2. The third kappa shape index (κ3) is 3.34. The SMILES string of the molecule is Cc1cnc(Nc2ccc3c(c2)OCO3)nc1Nc1ccc(F)c(Cl)c1. The lowest BCUT2D eigenvalue weighted by molar-refractivity contribution is 0.174. The Kier molecular flexibility index (Phi) is 4.22. The molecule has 1 aliphatic heterocycles. The van der Waals surface area contributed by atoms with Gasteiger partial charge >= 0.3 is 0 Å². The summed E-state index contributed by atoms with van der Waals surface area (Å²) in [4.78, 5) is 8.75. The van der Waals surface area contributed by atoms with Crippen LogP contribution in [0.1, 0.15) is 5.56 Å². The molecule has 1 aliphatic rings. The minimum absolute atomic E-state index is 0.0421. The number of benzene rings is 2. The summed E-state index contributed by atoms with van der Waals surface area (Å²) in [6.45, 7) is 2.09. The molecule has 0 atom stereocenters. The van der Waals surface area contributed by atoms with Crippen molar-refractivity contribution in [2.75, 3.05) is 17.4 Å². The lowest BCUT2D eigenvalue weighted by Gasteiger charge is -2.11. The first-order valence-electron chi connectivity index (χ1n) is 7.81. The van der Waals surface area contributed by atoms with Gasteiger partial charge in [0.25, 0.3) is 0 Å². The van der Waals surface area contributed by atoms with Gasteiger partial charge in [0.05, 0.1) is 5.02 Å². The maximum Gasteiger partial charge on any atom is 0.231 e. The maximum atomic E-state index is 13.3. The molecule has 0 unspecified atom stereocenters. The number of nitrogens with zero attached hydrogens (tertiary/aromatic N) is 2. The third-order valence-corrected chi connectivity index (χ3v) is 4.07. The molecule has 0 saturated heterocycles. The highest BCUT2D eigenvalue weighted by atomic mass is 35.5. The van der Waals surface area contributed by atoms with Gasteiger partial charge in [0.15, 0.2) is 11.5 Å². The molecule has 0 fully saturated rings. The lowest BCUT2D eigenvalue weighted by atomic mass is 10.2. The maximum absolute atomic E-state index is 13.3. The zero-order chi connectivity index (χ0) is 18.1. The predicted octanol–water partition coefficient (Wildman–Crippen LogP) is 4.79. The van der Waals surface area contributed by atoms with E-state index in [9.17, 15) is 4.39 Å². The number of fused-ring (bicyclic) bond motifs is 1. The van der Waals surface area contributed by atoms with Crippen LogP contribution in [0.15, 0.2) is 42.6 Å². The quantitative estimate of drug-likeness (QED) is 0.686. The first kappa shape index (κ1) is 16.4. The summed E-state index contributed by atoms with van der Waals surface area (Å²) in [7, 11) is 0. The zero-order valence-electron chi connectivity index (χ0n) is 13.7. The van der Waals surface area contributed by atoms with Gasteiger partial charge in [-0.2, -0.15) is 4.98 Å². The van der Waals surface area contributed by atoms with Gasteiger partial charge < -0.3 is 20.1 Å². The van der Waals surface area contributed by atoms with E-state index in [-0.39, 0.29) is 11.8 Å². The van der Waals surface area contributed by atoms with Gasteiger partial charge in [0, 0.05) is 29.2 Å². The van der Waals surface area contributed by atoms with Crippen molar-refractivity contribution in [3.05, 3.63) is 59.0 Å². The fourth-order valence-electron chi connectivity index (χ4n) is 2.44. The van der Waals surface area contributed by atoms with Crippen LogP contribution >= 0.6 is 11.6 Å². The first-order chi connectivity index (χ1) is 12.6. The summed E-state index contributed by atoms with van der Waals surface area (Å²) in [6, 6.07) is 9.88. The monoisotopic (exact) mass is 372 g/mol. The van der Waals surface area contributed by atoms with Crippen LogP contribution < -0.4 is 20.1 Å². The highest BCUT2D eigenvalue weighted by molar-refractivity contribution is 6.31. The van der Waals surface area contributed by atoms with Gasteiger partial charge in [0.1, 0.15) is 11.6 Å². The molecule has 0 saturated carbocycles. The summed E-state index contributed by atoms with van der Waals surface area (Å²) in [5.74, 6) is 1.90. The van der Waals surface area contributed by atoms with Crippen LogP contribution in [-0.2, 0) is 0 Å². The topological polar surface area (TPSA) is 68.3 Å². The Morgan fingerprint density at radius 2 is 1.81 bits per heavy atom. The molecule has 26 heavy (non-hydrogen) atoms. The number of rotatable bonds is 4. The number of aryl methyl sites for hydroxylation is 1. The molecule has 8 heteroatoms. The second-order valence-corrected chi connectivity index (χ2v) is 6.08. The molecule has 2 N–H and O–H groups in total. The van der Waals surface area contributed by atoms with Crippen LogP contribution in [0.3, 0.4) is 0 Å². The standard InChI is InChI=1S/C18H14ClFN4O2/c1-10-8-21-18(23-12-3-5-15-16(7-12)26-9-25-15)24-17(10)22-11-2-4-14(20)13(19)6-11/h2-8H,9H2,1H3,(H2,21,22,23,24). The minimum Gasteiger partial charge on any atom is -0.454 e. The van der Waals surface area contributed by atoms with Gasteiger partial charge in [-0.05, 0) is 37.3 Å². The number of hydrogen-bond acceptors (Lipinski definition) is 6. The number of anilines is 4. The van der Waals surface area contributed by atoms with Crippen molar-refractivity contribution < 1.29 is 13.9 Å². The summed E-state index contributed by atoms with van der Waals surface area (Å²) < 4.78 is 24.0. The molecule has 0 aliphatic carbocycles.